The van der Waals surface area contributed by atoms with Gasteiger partial charge < -0.3 is 5.32 Å². The summed E-state index contributed by atoms with van der Waals surface area (Å²) in [6.45, 7) is 10.2. The number of halogens is 2. The minimum Gasteiger partial charge on any atom is -0.311 e. The molecule has 0 spiro atoms. The summed E-state index contributed by atoms with van der Waals surface area (Å²) in [7, 11) is 0. The Morgan fingerprint density at radius 2 is 1.92 bits per heavy atom. The molecule has 0 aromatic heterocycles. The van der Waals surface area contributed by atoms with Crippen molar-refractivity contribution in [3.8, 4) is 0 Å². The molecule has 1 saturated heterocycles. The number of hydrogen-bond donors (Lipinski definition) is 1. The molecule has 3 aliphatic rings. The molecule has 0 radical (unpaired) electrons. The third-order valence-electron chi connectivity index (χ3n) is 8.23. The highest BCUT2D eigenvalue weighted by molar-refractivity contribution is 6.30. The van der Waals surface area contributed by atoms with Gasteiger partial charge in [0.15, 0.2) is 0 Å². The van der Waals surface area contributed by atoms with Crippen LogP contribution in [0.1, 0.15) is 58.4 Å². The molecule has 3 atom stereocenters. The Morgan fingerprint density at radius 1 is 1.19 bits per heavy atom. The monoisotopic (exact) mass is 378 g/mol. The van der Waals surface area contributed by atoms with Crippen LogP contribution < -0.4 is 5.32 Å². The number of fused-ring (bicyclic) bond motifs is 2. The zero-order valence-corrected chi connectivity index (χ0v) is 17.1. The Kier molecular flexibility index (Phi) is 4.86. The fourth-order valence-corrected chi connectivity index (χ4v) is 6.05. The molecular formula is C22H32ClFN2. The van der Waals surface area contributed by atoms with Gasteiger partial charge in [-0.15, -0.1) is 0 Å². The molecular weight excluding hydrogens is 347 g/mol. The molecule has 1 N–H and O–H groups in total. The standard InChI is InChI=1S/C22H32ClFN2/c1-21(2)16-6-9-22(21,3)20(12-16)25-18-7-10-26(11-8-18)14-15-4-5-17(23)13-19(15)24/h4-5,13,16,18,20,25H,6-12,14H2,1-3H3/t16-,20+,22+/m1/s1. The molecule has 1 aromatic rings. The Balaban J connectivity index is 1.31. The summed E-state index contributed by atoms with van der Waals surface area (Å²) in [6, 6.07) is 6.30. The van der Waals surface area contributed by atoms with Crippen molar-refractivity contribution < 1.29 is 4.39 Å². The Bertz CT molecular complexity index is 668. The van der Waals surface area contributed by atoms with Crippen molar-refractivity contribution in [1.29, 1.82) is 0 Å². The molecule has 3 fully saturated rings. The number of likely N-dealkylation sites (tertiary alicyclic amines) is 1. The minimum absolute atomic E-state index is 0.185. The molecule has 2 nitrogen and oxygen atoms in total. The average Bonchev–Trinajstić information content (AvgIpc) is 2.92. The second-order valence-electron chi connectivity index (χ2n) is 9.62. The first kappa shape index (κ1) is 18.7. The molecule has 4 heteroatoms. The van der Waals surface area contributed by atoms with Crippen molar-refractivity contribution in [3.63, 3.8) is 0 Å². The van der Waals surface area contributed by atoms with Crippen LogP contribution in [0, 0.1) is 22.6 Å². The van der Waals surface area contributed by atoms with Crippen LogP contribution in [0.4, 0.5) is 4.39 Å². The second-order valence-corrected chi connectivity index (χ2v) is 10.1. The van der Waals surface area contributed by atoms with Crippen LogP contribution in [0.3, 0.4) is 0 Å². The normalized spacial score (nSPS) is 34.5. The SMILES string of the molecule is CC1(C)[C@@H]2CC[C@@]1(C)[C@@H](NC1CCN(Cc3ccc(Cl)cc3F)CC1)C2. The fourth-order valence-electron chi connectivity index (χ4n) is 5.89. The summed E-state index contributed by atoms with van der Waals surface area (Å²) in [4.78, 5) is 2.37. The number of piperidine rings is 1. The average molecular weight is 379 g/mol. The third kappa shape index (κ3) is 3.10. The summed E-state index contributed by atoms with van der Waals surface area (Å²) in [5.74, 6) is 0.702. The van der Waals surface area contributed by atoms with E-state index in [1.807, 2.05) is 6.07 Å². The van der Waals surface area contributed by atoms with Crippen LogP contribution in [0.25, 0.3) is 0 Å². The van der Waals surface area contributed by atoms with E-state index in [4.69, 9.17) is 11.6 Å². The van der Waals surface area contributed by atoms with Gasteiger partial charge in [-0.05, 0) is 74.1 Å². The van der Waals surface area contributed by atoms with Crippen molar-refractivity contribution >= 4 is 11.6 Å². The van der Waals surface area contributed by atoms with E-state index < -0.39 is 0 Å². The van der Waals surface area contributed by atoms with Gasteiger partial charge in [0.05, 0.1) is 0 Å². The predicted octanol–water partition coefficient (Wildman–Crippen LogP) is 5.25. The molecule has 2 saturated carbocycles. The third-order valence-corrected chi connectivity index (χ3v) is 8.46. The van der Waals surface area contributed by atoms with E-state index in [2.05, 4.69) is 31.0 Å². The first-order chi connectivity index (χ1) is 12.3. The van der Waals surface area contributed by atoms with Crippen LogP contribution in [-0.4, -0.2) is 30.1 Å². The van der Waals surface area contributed by atoms with Gasteiger partial charge in [0, 0.05) is 29.2 Å². The van der Waals surface area contributed by atoms with Crippen LogP contribution in [0.2, 0.25) is 5.02 Å². The van der Waals surface area contributed by atoms with Crippen LogP contribution in [0.15, 0.2) is 18.2 Å². The summed E-state index contributed by atoms with van der Waals surface area (Å²) in [5, 5.41) is 4.50. The maximum atomic E-state index is 14.0. The molecule has 4 rings (SSSR count). The highest BCUT2D eigenvalue weighted by Gasteiger charge is 2.61. The number of rotatable bonds is 4. The van der Waals surface area contributed by atoms with Crippen LogP contribution in [-0.2, 0) is 6.54 Å². The Labute approximate surface area is 162 Å². The molecule has 1 heterocycles. The van der Waals surface area contributed by atoms with Gasteiger partial charge in [-0.3, -0.25) is 4.90 Å². The van der Waals surface area contributed by atoms with E-state index >= 15 is 0 Å². The number of hydrogen-bond acceptors (Lipinski definition) is 2. The molecule has 26 heavy (non-hydrogen) atoms. The number of benzene rings is 1. The number of nitrogens with one attached hydrogen (secondary N) is 1. The smallest absolute Gasteiger partial charge is 0.129 e. The van der Waals surface area contributed by atoms with Crippen molar-refractivity contribution in [2.45, 2.75) is 71.5 Å². The van der Waals surface area contributed by atoms with E-state index in [1.165, 1.54) is 25.3 Å². The zero-order chi connectivity index (χ0) is 18.5. The quantitative estimate of drug-likeness (QED) is 0.769. The lowest BCUT2D eigenvalue weighted by Gasteiger charge is -2.42. The summed E-state index contributed by atoms with van der Waals surface area (Å²) >= 11 is 5.86. The van der Waals surface area contributed by atoms with Crippen molar-refractivity contribution in [2.75, 3.05) is 13.1 Å². The first-order valence-electron chi connectivity index (χ1n) is 10.2. The molecule has 0 unspecified atom stereocenters. The van der Waals surface area contributed by atoms with E-state index in [1.54, 1.807) is 6.07 Å². The number of nitrogens with zero attached hydrogens (tertiary/aromatic N) is 1. The lowest BCUT2D eigenvalue weighted by atomic mass is 9.69. The lowest BCUT2D eigenvalue weighted by molar-refractivity contribution is 0.102. The van der Waals surface area contributed by atoms with E-state index in [9.17, 15) is 4.39 Å². The van der Waals surface area contributed by atoms with Gasteiger partial charge in [-0.2, -0.15) is 0 Å². The molecule has 1 aliphatic heterocycles. The fraction of sp³-hybridized carbons (Fsp3) is 0.727. The van der Waals surface area contributed by atoms with Crippen molar-refractivity contribution in [2.24, 2.45) is 16.7 Å². The second kappa shape index (κ2) is 6.76. The zero-order valence-electron chi connectivity index (χ0n) is 16.3. The summed E-state index contributed by atoms with van der Waals surface area (Å²) in [6.07, 6.45) is 6.45. The first-order valence-corrected chi connectivity index (χ1v) is 10.6. The summed E-state index contributed by atoms with van der Waals surface area (Å²) in [5.41, 5.74) is 1.67. The van der Waals surface area contributed by atoms with Gasteiger partial charge >= 0.3 is 0 Å². The molecule has 2 aliphatic carbocycles. The van der Waals surface area contributed by atoms with E-state index in [0.717, 1.165) is 37.4 Å². The van der Waals surface area contributed by atoms with Gasteiger partial charge in [0.1, 0.15) is 5.82 Å². The predicted molar refractivity (Wildman–Crippen MR) is 106 cm³/mol. The van der Waals surface area contributed by atoms with Crippen molar-refractivity contribution in [3.05, 3.63) is 34.6 Å². The maximum absolute atomic E-state index is 14.0. The van der Waals surface area contributed by atoms with E-state index in [0.29, 0.717) is 34.5 Å². The lowest BCUT2D eigenvalue weighted by Crippen LogP contribution is -2.51. The molecule has 1 aromatic carbocycles. The highest BCUT2D eigenvalue weighted by atomic mass is 35.5. The topological polar surface area (TPSA) is 15.3 Å². The largest absolute Gasteiger partial charge is 0.311 e. The van der Waals surface area contributed by atoms with Gasteiger partial charge in [-0.1, -0.05) is 38.4 Å². The van der Waals surface area contributed by atoms with Crippen LogP contribution in [0.5, 0.6) is 0 Å². The Morgan fingerprint density at radius 3 is 2.50 bits per heavy atom. The highest BCUT2D eigenvalue weighted by Crippen LogP contribution is 2.65. The van der Waals surface area contributed by atoms with E-state index in [-0.39, 0.29) is 5.82 Å². The maximum Gasteiger partial charge on any atom is 0.129 e. The molecule has 144 valence electrons. The minimum atomic E-state index is -0.185. The molecule has 2 bridgehead atoms. The van der Waals surface area contributed by atoms with Gasteiger partial charge in [-0.25, -0.2) is 4.39 Å². The van der Waals surface area contributed by atoms with Crippen LogP contribution >= 0.6 is 11.6 Å². The Hall–Kier alpha value is -0.640. The van der Waals surface area contributed by atoms with Gasteiger partial charge in [0.25, 0.3) is 0 Å². The van der Waals surface area contributed by atoms with Crippen molar-refractivity contribution in [1.82, 2.24) is 10.2 Å². The van der Waals surface area contributed by atoms with Gasteiger partial charge in [0.2, 0.25) is 0 Å². The molecule has 0 amide bonds. The summed E-state index contributed by atoms with van der Waals surface area (Å²) < 4.78 is 14.0.